The molecule has 1 aromatic heterocycles. The highest BCUT2D eigenvalue weighted by Gasteiger charge is 2.29. The Morgan fingerprint density at radius 3 is 2.78 bits per heavy atom. The van der Waals surface area contributed by atoms with E-state index < -0.39 is 6.10 Å². The van der Waals surface area contributed by atoms with Gasteiger partial charge in [-0.1, -0.05) is 12.1 Å². The summed E-state index contributed by atoms with van der Waals surface area (Å²) in [6.07, 6.45) is 5.10. The monoisotopic (exact) mass is 366 g/mol. The quantitative estimate of drug-likeness (QED) is 0.796. The summed E-state index contributed by atoms with van der Waals surface area (Å²) in [5.74, 6) is 0.911. The number of piperidine rings is 1. The van der Waals surface area contributed by atoms with E-state index in [1.165, 1.54) is 0 Å². The highest BCUT2D eigenvalue weighted by molar-refractivity contribution is 5.94. The highest BCUT2D eigenvalue weighted by atomic mass is 16.5. The number of allylic oxidation sites excluding steroid dienone is 1. The van der Waals surface area contributed by atoms with Crippen molar-refractivity contribution in [2.75, 3.05) is 20.2 Å². The number of ether oxygens (including phenoxy) is 1. The molecular formula is C22H26N2O3. The molecule has 1 aromatic carbocycles. The van der Waals surface area contributed by atoms with Gasteiger partial charge in [-0.25, -0.2) is 0 Å². The Labute approximate surface area is 160 Å². The number of pyridine rings is 1. The standard InChI is InChI=1S/C22H26N2O3/c1-3-6-17-15-18(8-9-20(17)27-2)22(26)24-13-10-16(11-14-24)21(25)19-7-4-5-12-23-19/h3-5,7-9,12,15-16,21,25H,1,6,10-11,13-14H2,2H3/t21-/m0/s1. The van der Waals surface area contributed by atoms with Crippen molar-refractivity contribution in [3.63, 3.8) is 0 Å². The lowest BCUT2D eigenvalue weighted by molar-refractivity contribution is 0.0447. The van der Waals surface area contributed by atoms with Crippen LogP contribution in [0.5, 0.6) is 5.75 Å². The molecule has 2 heterocycles. The van der Waals surface area contributed by atoms with E-state index in [9.17, 15) is 9.90 Å². The van der Waals surface area contributed by atoms with E-state index in [-0.39, 0.29) is 11.8 Å². The predicted octanol–water partition coefficient (Wildman–Crippen LogP) is 3.40. The molecule has 1 aliphatic heterocycles. The van der Waals surface area contributed by atoms with Gasteiger partial charge in [0, 0.05) is 24.8 Å². The van der Waals surface area contributed by atoms with Gasteiger partial charge in [0.1, 0.15) is 5.75 Å². The van der Waals surface area contributed by atoms with E-state index in [1.54, 1.807) is 19.4 Å². The number of likely N-dealkylation sites (tertiary alicyclic amines) is 1. The summed E-state index contributed by atoms with van der Waals surface area (Å²) in [6, 6.07) is 11.1. The lowest BCUT2D eigenvalue weighted by Gasteiger charge is -2.34. The minimum absolute atomic E-state index is 0.0220. The van der Waals surface area contributed by atoms with Gasteiger partial charge in [0.25, 0.3) is 5.91 Å². The average Bonchev–Trinajstić information content (AvgIpc) is 2.73. The number of benzene rings is 1. The third-order valence-corrected chi connectivity index (χ3v) is 5.16. The zero-order valence-corrected chi connectivity index (χ0v) is 15.7. The van der Waals surface area contributed by atoms with Crippen LogP contribution in [0.2, 0.25) is 0 Å². The van der Waals surface area contributed by atoms with Gasteiger partial charge in [-0.15, -0.1) is 6.58 Å². The summed E-state index contributed by atoms with van der Waals surface area (Å²) in [5, 5.41) is 10.6. The molecular weight excluding hydrogens is 340 g/mol. The maximum Gasteiger partial charge on any atom is 0.253 e. The Morgan fingerprint density at radius 2 is 2.15 bits per heavy atom. The van der Waals surface area contributed by atoms with E-state index in [2.05, 4.69) is 11.6 Å². The fraction of sp³-hybridized carbons (Fsp3) is 0.364. The fourth-order valence-corrected chi connectivity index (χ4v) is 3.62. The van der Waals surface area contributed by atoms with Crippen LogP contribution in [-0.4, -0.2) is 41.1 Å². The van der Waals surface area contributed by atoms with E-state index in [0.717, 1.165) is 24.2 Å². The number of nitrogens with zero attached hydrogens (tertiary/aromatic N) is 2. The second-order valence-electron chi connectivity index (χ2n) is 6.85. The zero-order valence-electron chi connectivity index (χ0n) is 15.7. The average molecular weight is 366 g/mol. The van der Waals surface area contributed by atoms with Gasteiger partial charge in [0.05, 0.1) is 18.9 Å². The summed E-state index contributed by atoms with van der Waals surface area (Å²) < 4.78 is 5.35. The van der Waals surface area contributed by atoms with Crippen LogP contribution >= 0.6 is 0 Å². The topological polar surface area (TPSA) is 62.7 Å². The molecule has 1 saturated heterocycles. The number of aliphatic hydroxyl groups is 1. The van der Waals surface area contributed by atoms with Crippen LogP contribution in [0.1, 0.15) is 40.6 Å². The van der Waals surface area contributed by atoms with Crippen LogP contribution in [0, 0.1) is 5.92 Å². The molecule has 0 radical (unpaired) electrons. The third-order valence-electron chi connectivity index (χ3n) is 5.16. The number of aromatic nitrogens is 1. The van der Waals surface area contributed by atoms with Crippen LogP contribution < -0.4 is 4.74 Å². The number of aliphatic hydroxyl groups excluding tert-OH is 1. The molecule has 0 spiro atoms. The first-order chi connectivity index (χ1) is 13.1. The van der Waals surface area contributed by atoms with Crippen molar-refractivity contribution < 1.29 is 14.6 Å². The van der Waals surface area contributed by atoms with Crippen LogP contribution in [0.3, 0.4) is 0 Å². The highest BCUT2D eigenvalue weighted by Crippen LogP contribution is 2.30. The predicted molar refractivity (Wildman–Crippen MR) is 105 cm³/mol. The minimum atomic E-state index is -0.580. The van der Waals surface area contributed by atoms with Gasteiger partial charge in [0.2, 0.25) is 0 Å². The van der Waals surface area contributed by atoms with Gasteiger partial charge in [0.15, 0.2) is 0 Å². The molecule has 0 saturated carbocycles. The molecule has 1 atom stereocenters. The maximum absolute atomic E-state index is 12.9. The first-order valence-electron chi connectivity index (χ1n) is 9.30. The summed E-state index contributed by atoms with van der Waals surface area (Å²) in [7, 11) is 1.63. The van der Waals surface area contributed by atoms with Crippen molar-refractivity contribution in [2.45, 2.75) is 25.4 Å². The summed E-state index contributed by atoms with van der Waals surface area (Å²) in [6.45, 7) is 5.04. The number of methoxy groups -OCH3 is 1. The van der Waals surface area contributed by atoms with Crippen LogP contribution in [0.25, 0.3) is 0 Å². The van der Waals surface area contributed by atoms with Crippen molar-refractivity contribution in [1.82, 2.24) is 9.88 Å². The first kappa shape index (κ1) is 19.1. The Morgan fingerprint density at radius 1 is 1.37 bits per heavy atom. The lowest BCUT2D eigenvalue weighted by atomic mass is 9.89. The van der Waals surface area contributed by atoms with E-state index in [4.69, 9.17) is 4.74 Å². The van der Waals surface area contributed by atoms with Gasteiger partial charge in [-0.3, -0.25) is 9.78 Å². The molecule has 0 bridgehead atoms. The summed E-state index contributed by atoms with van der Waals surface area (Å²) in [5.41, 5.74) is 2.32. The Hall–Kier alpha value is -2.66. The van der Waals surface area contributed by atoms with Crippen molar-refractivity contribution in [2.24, 2.45) is 5.92 Å². The molecule has 142 valence electrons. The molecule has 27 heavy (non-hydrogen) atoms. The van der Waals surface area contributed by atoms with Gasteiger partial charge in [-0.2, -0.15) is 0 Å². The SMILES string of the molecule is C=CCc1cc(C(=O)N2CCC([C@H](O)c3ccccn3)CC2)ccc1OC. The molecule has 1 N–H and O–H groups in total. The van der Waals surface area contributed by atoms with Crippen molar-refractivity contribution >= 4 is 5.91 Å². The van der Waals surface area contributed by atoms with Crippen molar-refractivity contribution in [1.29, 1.82) is 0 Å². The Bertz CT molecular complexity index is 783. The molecule has 1 amide bonds. The second kappa shape index (κ2) is 8.82. The first-order valence-corrected chi connectivity index (χ1v) is 9.30. The van der Waals surface area contributed by atoms with E-state index >= 15 is 0 Å². The minimum Gasteiger partial charge on any atom is -0.496 e. The second-order valence-corrected chi connectivity index (χ2v) is 6.85. The zero-order chi connectivity index (χ0) is 19.2. The van der Waals surface area contributed by atoms with E-state index in [1.807, 2.05) is 41.3 Å². The largest absolute Gasteiger partial charge is 0.496 e. The summed E-state index contributed by atoms with van der Waals surface area (Å²) >= 11 is 0. The van der Waals surface area contributed by atoms with Crippen molar-refractivity contribution in [3.8, 4) is 5.75 Å². The maximum atomic E-state index is 12.9. The van der Waals surface area contributed by atoms with Crippen LogP contribution in [0.15, 0.2) is 55.3 Å². The normalized spacial score (nSPS) is 16.0. The van der Waals surface area contributed by atoms with Crippen LogP contribution in [-0.2, 0) is 6.42 Å². The number of amides is 1. The number of hydrogen-bond acceptors (Lipinski definition) is 4. The van der Waals surface area contributed by atoms with Gasteiger partial charge < -0.3 is 14.7 Å². The molecule has 2 aromatic rings. The Kier molecular flexibility index (Phi) is 6.24. The number of carbonyl (C=O) groups excluding carboxylic acids is 1. The molecule has 1 fully saturated rings. The molecule has 1 aliphatic rings. The molecule has 3 rings (SSSR count). The number of rotatable bonds is 6. The Balaban J connectivity index is 1.65. The van der Waals surface area contributed by atoms with Crippen molar-refractivity contribution in [3.05, 3.63) is 72.1 Å². The number of hydrogen-bond donors (Lipinski definition) is 1. The third kappa shape index (κ3) is 4.37. The van der Waals surface area contributed by atoms with Gasteiger partial charge >= 0.3 is 0 Å². The van der Waals surface area contributed by atoms with Gasteiger partial charge in [-0.05, 0) is 61.1 Å². The summed E-state index contributed by atoms with van der Waals surface area (Å²) in [4.78, 5) is 19.0. The molecule has 5 nitrogen and oxygen atoms in total. The number of carbonyl (C=O) groups is 1. The fourth-order valence-electron chi connectivity index (χ4n) is 3.62. The smallest absolute Gasteiger partial charge is 0.253 e. The molecule has 0 aliphatic carbocycles. The lowest BCUT2D eigenvalue weighted by Crippen LogP contribution is -2.39. The van der Waals surface area contributed by atoms with Crippen LogP contribution in [0.4, 0.5) is 0 Å². The molecule has 5 heteroatoms. The molecule has 0 unspecified atom stereocenters. The van der Waals surface area contributed by atoms with E-state index in [0.29, 0.717) is 30.8 Å².